The third-order valence-corrected chi connectivity index (χ3v) is 4.12. The maximum atomic E-state index is 9.12. The zero-order valence-electron chi connectivity index (χ0n) is 16.6. The highest BCUT2D eigenvalue weighted by molar-refractivity contribution is 6.59. The molecule has 6 heteroatoms. The van der Waals surface area contributed by atoms with E-state index < -0.39 is 14.2 Å². The molecule has 2 rings (SSSR count). The summed E-state index contributed by atoms with van der Waals surface area (Å²) in [5, 5.41) is 36.0. The largest absolute Gasteiger partial charge is 0.488 e. The van der Waals surface area contributed by atoms with Gasteiger partial charge >= 0.3 is 14.2 Å². The molecule has 0 unspecified atom stereocenters. The molecule has 2 aromatic rings. The molecule has 0 radical (unpaired) electrons. The predicted molar refractivity (Wildman–Crippen MR) is 110 cm³/mol. The van der Waals surface area contributed by atoms with Gasteiger partial charge in [0.05, 0.1) is 0 Å². The van der Waals surface area contributed by atoms with Gasteiger partial charge in [-0.1, -0.05) is 90.1 Å². The fourth-order valence-corrected chi connectivity index (χ4v) is 2.56. The number of hydrogen-bond acceptors (Lipinski definition) is 4. The van der Waals surface area contributed by atoms with Crippen molar-refractivity contribution in [3.63, 3.8) is 0 Å². The van der Waals surface area contributed by atoms with Crippen LogP contribution in [0.15, 0.2) is 48.5 Å². The minimum Gasteiger partial charge on any atom is -0.423 e. The lowest BCUT2D eigenvalue weighted by atomic mass is 9.70. The Kier molecular flexibility index (Phi) is 7.66. The van der Waals surface area contributed by atoms with Crippen LogP contribution in [-0.2, 0) is 10.8 Å². The van der Waals surface area contributed by atoms with Crippen molar-refractivity contribution in [3.8, 4) is 0 Å². The molecule has 0 saturated carbocycles. The summed E-state index contributed by atoms with van der Waals surface area (Å²) in [5.41, 5.74) is 3.35. The van der Waals surface area contributed by atoms with E-state index in [0.717, 1.165) is 5.56 Å². The van der Waals surface area contributed by atoms with Crippen LogP contribution in [0.5, 0.6) is 0 Å². The first kappa shape index (κ1) is 22.5. The van der Waals surface area contributed by atoms with E-state index in [1.54, 1.807) is 18.2 Å². The number of hydrogen-bond donors (Lipinski definition) is 4. The molecule has 2 aromatic carbocycles. The van der Waals surface area contributed by atoms with Gasteiger partial charge in [-0.3, -0.25) is 0 Å². The summed E-state index contributed by atoms with van der Waals surface area (Å²) in [6.07, 6.45) is 0. The highest BCUT2D eigenvalue weighted by Crippen LogP contribution is 2.21. The molecule has 0 spiro atoms. The molecule has 0 heterocycles. The summed E-state index contributed by atoms with van der Waals surface area (Å²) in [7, 11) is -2.75. The third-order valence-electron chi connectivity index (χ3n) is 4.12. The van der Waals surface area contributed by atoms with Gasteiger partial charge < -0.3 is 20.1 Å². The van der Waals surface area contributed by atoms with Crippen molar-refractivity contribution in [1.82, 2.24) is 0 Å². The van der Waals surface area contributed by atoms with Gasteiger partial charge in [-0.2, -0.15) is 0 Å². The van der Waals surface area contributed by atoms with E-state index >= 15 is 0 Å². The second kappa shape index (κ2) is 8.87. The zero-order chi connectivity index (χ0) is 20.1. The standard InChI is InChI=1S/2C10H15BO2/c1-10(2,3)8-4-6-9(7-5-8)11(12)13;1-10(2,3)8-6-4-5-7-9(8)11(12)13/h2*4-7,12-13H,1-3H3. The Bertz CT molecular complexity index is 684. The lowest BCUT2D eigenvalue weighted by Crippen LogP contribution is -2.36. The molecule has 0 atom stereocenters. The summed E-state index contributed by atoms with van der Waals surface area (Å²) in [5.74, 6) is 0. The van der Waals surface area contributed by atoms with Crippen molar-refractivity contribution in [2.75, 3.05) is 0 Å². The third kappa shape index (κ3) is 6.61. The van der Waals surface area contributed by atoms with Gasteiger partial charge in [-0.05, 0) is 32.9 Å². The molecule has 0 saturated heterocycles. The zero-order valence-corrected chi connectivity index (χ0v) is 16.6. The van der Waals surface area contributed by atoms with E-state index in [2.05, 4.69) is 20.8 Å². The molecule has 26 heavy (non-hydrogen) atoms. The molecule has 140 valence electrons. The van der Waals surface area contributed by atoms with Crippen LogP contribution in [0.25, 0.3) is 0 Å². The van der Waals surface area contributed by atoms with Crippen LogP contribution >= 0.6 is 0 Å². The normalized spacial score (nSPS) is 11.5. The van der Waals surface area contributed by atoms with Gasteiger partial charge in [0, 0.05) is 0 Å². The van der Waals surface area contributed by atoms with Gasteiger partial charge in [0.1, 0.15) is 0 Å². The van der Waals surface area contributed by atoms with E-state index in [1.807, 2.05) is 51.1 Å². The van der Waals surface area contributed by atoms with Crippen LogP contribution < -0.4 is 10.9 Å². The van der Waals surface area contributed by atoms with Gasteiger partial charge in [0.15, 0.2) is 0 Å². The van der Waals surface area contributed by atoms with Crippen molar-refractivity contribution in [2.45, 2.75) is 52.4 Å². The Morgan fingerprint density at radius 1 is 0.615 bits per heavy atom. The van der Waals surface area contributed by atoms with E-state index in [9.17, 15) is 0 Å². The Hall–Kier alpha value is -1.59. The molecular weight excluding hydrogens is 326 g/mol. The lowest BCUT2D eigenvalue weighted by Gasteiger charge is -2.22. The average Bonchev–Trinajstić information content (AvgIpc) is 2.54. The molecule has 0 aliphatic carbocycles. The first-order valence-electron chi connectivity index (χ1n) is 8.76. The van der Waals surface area contributed by atoms with E-state index in [1.165, 1.54) is 5.56 Å². The van der Waals surface area contributed by atoms with E-state index in [0.29, 0.717) is 10.9 Å². The molecule has 4 nitrogen and oxygen atoms in total. The first-order chi connectivity index (χ1) is 11.8. The monoisotopic (exact) mass is 356 g/mol. The SMILES string of the molecule is CC(C)(C)c1ccc(B(O)O)cc1.CC(C)(C)c1ccccc1B(O)O. The summed E-state index contributed by atoms with van der Waals surface area (Å²) in [6, 6.07) is 14.7. The maximum Gasteiger partial charge on any atom is 0.488 e. The van der Waals surface area contributed by atoms with Crippen molar-refractivity contribution < 1.29 is 20.1 Å². The number of benzene rings is 2. The first-order valence-corrected chi connectivity index (χ1v) is 8.76. The molecule has 0 aliphatic rings. The fourth-order valence-electron chi connectivity index (χ4n) is 2.56. The summed E-state index contributed by atoms with van der Waals surface area (Å²) >= 11 is 0. The van der Waals surface area contributed by atoms with Crippen LogP contribution in [-0.4, -0.2) is 34.3 Å². The second-order valence-corrected chi connectivity index (χ2v) is 8.46. The van der Waals surface area contributed by atoms with Crippen molar-refractivity contribution in [1.29, 1.82) is 0 Å². The highest BCUT2D eigenvalue weighted by atomic mass is 16.4. The summed E-state index contributed by atoms with van der Waals surface area (Å²) in [6.45, 7) is 12.5. The number of rotatable bonds is 2. The molecule has 0 bridgehead atoms. The van der Waals surface area contributed by atoms with Crippen molar-refractivity contribution in [3.05, 3.63) is 59.7 Å². The summed E-state index contributed by atoms with van der Waals surface area (Å²) in [4.78, 5) is 0. The van der Waals surface area contributed by atoms with Crippen LogP contribution in [0.2, 0.25) is 0 Å². The van der Waals surface area contributed by atoms with Crippen molar-refractivity contribution in [2.24, 2.45) is 0 Å². The minimum atomic E-state index is -1.38. The lowest BCUT2D eigenvalue weighted by molar-refractivity contribution is 0.423. The van der Waals surface area contributed by atoms with Gasteiger partial charge in [0.25, 0.3) is 0 Å². The smallest absolute Gasteiger partial charge is 0.423 e. The summed E-state index contributed by atoms with van der Waals surface area (Å²) < 4.78 is 0. The van der Waals surface area contributed by atoms with Gasteiger partial charge in [0.2, 0.25) is 0 Å². The van der Waals surface area contributed by atoms with Crippen molar-refractivity contribution >= 4 is 25.2 Å². The quantitative estimate of drug-likeness (QED) is 0.612. The Morgan fingerprint density at radius 3 is 1.46 bits per heavy atom. The Labute approximate surface area is 157 Å². The molecule has 4 N–H and O–H groups in total. The van der Waals surface area contributed by atoms with Crippen LogP contribution in [0.1, 0.15) is 52.7 Å². The topological polar surface area (TPSA) is 80.9 Å². The van der Waals surface area contributed by atoms with Crippen LogP contribution in [0.4, 0.5) is 0 Å². The van der Waals surface area contributed by atoms with Crippen LogP contribution in [0.3, 0.4) is 0 Å². The molecular formula is C20H30B2O4. The fraction of sp³-hybridized carbons (Fsp3) is 0.400. The Balaban J connectivity index is 0.000000260. The van der Waals surface area contributed by atoms with Gasteiger partial charge in [-0.25, -0.2) is 0 Å². The molecule has 0 amide bonds. The van der Waals surface area contributed by atoms with Gasteiger partial charge in [-0.15, -0.1) is 0 Å². The highest BCUT2D eigenvalue weighted by Gasteiger charge is 2.23. The van der Waals surface area contributed by atoms with Crippen LogP contribution in [0, 0.1) is 0 Å². The Morgan fingerprint density at radius 2 is 1.12 bits per heavy atom. The van der Waals surface area contributed by atoms with E-state index in [4.69, 9.17) is 20.1 Å². The minimum absolute atomic E-state index is 0.0553. The predicted octanol–water partition coefficient (Wildman–Crippen LogP) is 1.33. The maximum absolute atomic E-state index is 9.12. The second-order valence-electron chi connectivity index (χ2n) is 8.46. The average molecular weight is 356 g/mol. The molecule has 0 aliphatic heterocycles. The molecule has 0 fully saturated rings. The van der Waals surface area contributed by atoms with E-state index in [-0.39, 0.29) is 10.8 Å². The molecule has 0 aromatic heterocycles.